The molecule has 19 heavy (non-hydrogen) atoms. The number of benzene rings is 1. The molecule has 108 valence electrons. The van der Waals surface area contributed by atoms with Crippen LogP contribution in [-0.2, 0) is 11.3 Å². The van der Waals surface area contributed by atoms with Crippen LogP contribution in [0.3, 0.4) is 0 Å². The molecule has 0 heterocycles. The standard InChI is InChI=1S/C13H19BrN2O2.ClH/c1-9(2)6-16-7-10-5-11(14)3-4-12(10)18-8-13(15)17;/h3-5,9,16H,6-8H2,1-2H3,(H2,15,17);1H. The second-order valence-electron chi connectivity index (χ2n) is 4.53. The van der Waals surface area contributed by atoms with Gasteiger partial charge in [-0.1, -0.05) is 29.8 Å². The van der Waals surface area contributed by atoms with Crippen LogP contribution in [-0.4, -0.2) is 19.1 Å². The van der Waals surface area contributed by atoms with Crippen LogP contribution in [0.15, 0.2) is 22.7 Å². The van der Waals surface area contributed by atoms with Crippen LogP contribution in [0.25, 0.3) is 0 Å². The second-order valence-corrected chi connectivity index (χ2v) is 5.45. The molecule has 1 aromatic rings. The summed E-state index contributed by atoms with van der Waals surface area (Å²) in [6.45, 7) is 5.84. The van der Waals surface area contributed by atoms with Crippen molar-refractivity contribution in [2.75, 3.05) is 13.2 Å². The van der Waals surface area contributed by atoms with Gasteiger partial charge < -0.3 is 15.8 Å². The Kier molecular flexibility index (Phi) is 8.80. The minimum atomic E-state index is -0.473. The fourth-order valence-electron chi connectivity index (χ4n) is 1.47. The van der Waals surface area contributed by atoms with Crippen LogP contribution in [0.1, 0.15) is 19.4 Å². The van der Waals surface area contributed by atoms with Gasteiger partial charge in [0.2, 0.25) is 0 Å². The summed E-state index contributed by atoms with van der Waals surface area (Å²) in [5.74, 6) is 0.805. The van der Waals surface area contributed by atoms with Crippen LogP contribution < -0.4 is 15.8 Å². The summed E-state index contributed by atoms with van der Waals surface area (Å²) in [5.41, 5.74) is 6.08. The van der Waals surface area contributed by atoms with E-state index in [0.717, 1.165) is 16.6 Å². The van der Waals surface area contributed by atoms with E-state index in [4.69, 9.17) is 10.5 Å². The molecule has 1 rings (SSSR count). The molecule has 0 aliphatic carbocycles. The van der Waals surface area contributed by atoms with E-state index < -0.39 is 5.91 Å². The molecular formula is C13H20BrClN2O2. The Balaban J connectivity index is 0.00000324. The summed E-state index contributed by atoms with van der Waals surface area (Å²) in [6, 6.07) is 5.69. The predicted molar refractivity (Wildman–Crippen MR) is 82.6 cm³/mol. The minimum Gasteiger partial charge on any atom is -0.483 e. The molecule has 0 saturated carbocycles. The lowest BCUT2D eigenvalue weighted by Crippen LogP contribution is -2.22. The van der Waals surface area contributed by atoms with E-state index in [-0.39, 0.29) is 19.0 Å². The number of hydrogen-bond donors (Lipinski definition) is 2. The lowest BCUT2D eigenvalue weighted by molar-refractivity contribution is -0.119. The summed E-state index contributed by atoms with van der Waals surface area (Å²) in [6.07, 6.45) is 0. The second kappa shape index (κ2) is 9.18. The Morgan fingerprint density at radius 2 is 2.16 bits per heavy atom. The van der Waals surface area contributed by atoms with Crippen molar-refractivity contribution in [3.05, 3.63) is 28.2 Å². The highest BCUT2D eigenvalue weighted by Gasteiger charge is 2.06. The van der Waals surface area contributed by atoms with Crippen molar-refractivity contribution in [3.63, 3.8) is 0 Å². The number of carbonyl (C=O) groups excluding carboxylic acids is 1. The van der Waals surface area contributed by atoms with Crippen molar-refractivity contribution in [2.24, 2.45) is 11.7 Å². The van der Waals surface area contributed by atoms with Gasteiger partial charge in [-0.05, 0) is 30.7 Å². The zero-order valence-corrected chi connectivity index (χ0v) is 13.5. The summed E-state index contributed by atoms with van der Waals surface area (Å²) >= 11 is 3.42. The third-order valence-corrected chi connectivity index (χ3v) is 2.75. The van der Waals surface area contributed by atoms with Crippen LogP contribution >= 0.6 is 28.3 Å². The monoisotopic (exact) mass is 350 g/mol. The van der Waals surface area contributed by atoms with Crippen molar-refractivity contribution in [3.8, 4) is 5.75 Å². The van der Waals surface area contributed by atoms with Crippen LogP contribution in [0, 0.1) is 5.92 Å². The number of carbonyl (C=O) groups is 1. The molecule has 0 bridgehead atoms. The number of halogens is 2. The molecule has 0 aliphatic heterocycles. The Bertz CT molecular complexity index is 414. The van der Waals surface area contributed by atoms with E-state index >= 15 is 0 Å². The largest absolute Gasteiger partial charge is 0.483 e. The first-order valence-electron chi connectivity index (χ1n) is 5.89. The quantitative estimate of drug-likeness (QED) is 0.793. The molecule has 6 heteroatoms. The van der Waals surface area contributed by atoms with Crippen LogP contribution in [0.2, 0.25) is 0 Å². The Morgan fingerprint density at radius 1 is 1.47 bits per heavy atom. The number of rotatable bonds is 7. The maximum Gasteiger partial charge on any atom is 0.255 e. The third-order valence-electron chi connectivity index (χ3n) is 2.26. The van der Waals surface area contributed by atoms with Crippen molar-refractivity contribution in [2.45, 2.75) is 20.4 Å². The van der Waals surface area contributed by atoms with Gasteiger partial charge in [0.15, 0.2) is 6.61 Å². The Morgan fingerprint density at radius 3 is 2.74 bits per heavy atom. The van der Waals surface area contributed by atoms with Crippen molar-refractivity contribution < 1.29 is 9.53 Å². The van der Waals surface area contributed by atoms with E-state index in [0.29, 0.717) is 18.2 Å². The van der Waals surface area contributed by atoms with Crippen molar-refractivity contribution in [1.82, 2.24) is 5.32 Å². The minimum absolute atomic E-state index is 0. The van der Waals surface area contributed by atoms with Gasteiger partial charge >= 0.3 is 0 Å². The highest BCUT2D eigenvalue weighted by molar-refractivity contribution is 9.10. The predicted octanol–water partition coefficient (Wildman–Crippen LogP) is 2.48. The van der Waals surface area contributed by atoms with E-state index in [2.05, 4.69) is 35.1 Å². The van der Waals surface area contributed by atoms with Gasteiger partial charge in [-0.2, -0.15) is 0 Å². The molecule has 0 spiro atoms. The zero-order valence-electron chi connectivity index (χ0n) is 11.1. The van der Waals surface area contributed by atoms with Crippen molar-refractivity contribution >= 4 is 34.2 Å². The molecule has 1 amide bonds. The van der Waals surface area contributed by atoms with Gasteiger partial charge in [0.1, 0.15) is 5.75 Å². The van der Waals surface area contributed by atoms with Gasteiger partial charge in [0.25, 0.3) is 5.91 Å². The summed E-state index contributed by atoms with van der Waals surface area (Å²) in [5, 5.41) is 3.34. The van der Waals surface area contributed by atoms with Gasteiger partial charge in [0, 0.05) is 16.6 Å². The highest BCUT2D eigenvalue weighted by atomic mass is 79.9. The van der Waals surface area contributed by atoms with E-state index in [1.807, 2.05) is 18.2 Å². The smallest absolute Gasteiger partial charge is 0.255 e. The number of primary amides is 1. The average Bonchev–Trinajstić information content (AvgIpc) is 2.27. The highest BCUT2D eigenvalue weighted by Crippen LogP contribution is 2.23. The van der Waals surface area contributed by atoms with Gasteiger partial charge in [-0.3, -0.25) is 4.79 Å². The number of nitrogens with two attached hydrogens (primary N) is 1. The fraction of sp³-hybridized carbons (Fsp3) is 0.462. The van der Waals surface area contributed by atoms with Crippen LogP contribution in [0.5, 0.6) is 5.75 Å². The molecule has 0 aromatic heterocycles. The molecule has 0 radical (unpaired) electrons. The molecule has 3 N–H and O–H groups in total. The molecule has 0 atom stereocenters. The van der Waals surface area contributed by atoms with E-state index in [1.54, 1.807) is 0 Å². The van der Waals surface area contributed by atoms with Gasteiger partial charge in [-0.25, -0.2) is 0 Å². The molecule has 1 aromatic carbocycles. The van der Waals surface area contributed by atoms with Crippen LogP contribution in [0.4, 0.5) is 0 Å². The molecule has 4 nitrogen and oxygen atoms in total. The van der Waals surface area contributed by atoms with Crippen molar-refractivity contribution in [1.29, 1.82) is 0 Å². The molecular weight excluding hydrogens is 332 g/mol. The number of nitrogens with one attached hydrogen (secondary N) is 1. The molecule has 0 aliphatic rings. The number of hydrogen-bond acceptors (Lipinski definition) is 3. The fourth-order valence-corrected chi connectivity index (χ4v) is 1.88. The summed E-state index contributed by atoms with van der Waals surface area (Å²) in [7, 11) is 0. The summed E-state index contributed by atoms with van der Waals surface area (Å²) < 4.78 is 6.36. The Labute approximate surface area is 128 Å². The lowest BCUT2D eigenvalue weighted by atomic mass is 10.2. The lowest BCUT2D eigenvalue weighted by Gasteiger charge is -2.12. The third kappa shape index (κ3) is 7.40. The first-order valence-corrected chi connectivity index (χ1v) is 6.68. The molecule has 0 fully saturated rings. The maximum atomic E-state index is 10.7. The van der Waals surface area contributed by atoms with E-state index in [9.17, 15) is 4.79 Å². The first-order chi connectivity index (χ1) is 8.49. The number of ether oxygens (including phenoxy) is 1. The topological polar surface area (TPSA) is 64.3 Å². The average molecular weight is 352 g/mol. The normalized spacial score (nSPS) is 10.1. The maximum absolute atomic E-state index is 10.7. The van der Waals surface area contributed by atoms with Gasteiger partial charge in [0.05, 0.1) is 0 Å². The summed E-state index contributed by atoms with van der Waals surface area (Å²) in [4.78, 5) is 10.7. The molecule has 0 saturated heterocycles. The molecule has 0 unspecified atom stereocenters. The Hall–Kier alpha value is -0.780. The zero-order chi connectivity index (χ0) is 13.5. The van der Waals surface area contributed by atoms with Gasteiger partial charge in [-0.15, -0.1) is 12.4 Å². The first kappa shape index (κ1) is 18.2. The number of amides is 1. The SMILES string of the molecule is CC(C)CNCc1cc(Br)ccc1OCC(N)=O.Cl. The van der Waals surface area contributed by atoms with E-state index in [1.165, 1.54) is 0 Å².